The average molecular weight is 344 g/mol. The Morgan fingerprint density at radius 1 is 1.28 bits per heavy atom. The Morgan fingerprint density at radius 2 is 2.04 bits per heavy atom. The lowest BCUT2D eigenvalue weighted by Gasteiger charge is -2.27. The van der Waals surface area contributed by atoms with Crippen molar-refractivity contribution >= 4 is 17.5 Å². The molecule has 0 aromatic heterocycles. The van der Waals surface area contributed by atoms with Gasteiger partial charge in [-0.2, -0.15) is 0 Å². The average Bonchev–Trinajstić information content (AvgIpc) is 3.00. The molecular formula is C19H28N4O2. The second kappa shape index (κ2) is 7.97. The SMILES string of the molecule is Cc1cccc(N2CC(C(=O)NCCN3CCNCC3)CC2=O)c1C. The first-order chi connectivity index (χ1) is 12.1. The van der Waals surface area contributed by atoms with Gasteiger partial charge in [0, 0.05) is 57.9 Å². The molecule has 0 bridgehead atoms. The minimum Gasteiger partial charge on any atom is -0.355 e. The van der Waals surface area contributed by atoms with Gasteiger partial charge in [-0.1, -0.05) is 12.1 Å². The molecule has 3 rings (SSSR count). The van der Waals surface area contributed by atoms with Crippen molar-refractivity contribution in [3.05, 3.63) is 29.3 Å². The van der Waals surface area contributed by atoms with Crippen molar-refractivity contribution < 1.29 is 9.59 Å². The number of aryl methyl sites for hydroxylation is 1. The van der Waals surface area contributed by atoms with E-state index < -0.39 is 0 Å². The van der Waals surface area contributed by atoms with Crippen molar-refractivity contribution in [3.63, 3.8) is 0 Å². The summed E-state index contributed by atoms with van der Waals surface area (Å²) in [6.45, 7) is 10.1. The highest BCUT2D eigenvalue weighted by molar-refractivity contribution is 6.00. The van der Waals surface area contributed by atoms with E-state index in [1.165, 1.54) is 0 Å². The predicted octanol–water partition coefficient (Wildman–Crippen LogP) is 0.678. The highest BCUT2D eigenvalue weighted by Gasteiger charge is 2.35. The molecule has 2 heterocycles. The summed E-state index contributed by atoms with van der Waals surface area (Å²) in [5.41, 5.74) is 3.20. The molecule has 2 aliphatic rings. The molecule has 0 aliphatic carbocycles. The maximum Gasteiger partial charge on any atom is 0.227 e. The monoisotopic (exact) mass is 344 g/mol. The number of benzene rings is 1. The van der Waals surface area contributed by atoms with E-state index in [9.17, 15) is 9.59 Å². The number of piperazine rings is 1. The minimum atomic E-state index is -0.254. The van der Waals surface area contributed by atoms with E-state index in [-0.39, 0.29) is 17.7 Å². The first kappa shape index (κ1) is 17.9. The molecule has 2 fully saturated rings. The number of nitrogens with zero attached hydrogens (tertiary/aromatic N) is 2. The summed E-state index contributed by atoms with van der Waals surface area (Å²) in [7, 11) is 0. The standard InChI is InChI=1S/C19H28N4O2/c1-14-4-3-5-17(15(14)2)23-13-16(12-18(23)24)19(25)21-8-11-22-9-6-20-7-10-22/h3-5,16,20H,6-13H2,1-2H3,(H,21,25). The normalized spacial score (nSPS) is 21.6. The molecule has 0 spiro atoms. The van der Waals surface area contributed by atoms with E-state index in [0.717, 1.165) is 49.5 Å². The highest BCUT2D eigenvalue weighted by Crippen LogP contribution is 2.29. The van der Waals surface area contributed by atoms with Gasteiger partial charge in [-0.25, -0.2) is 0 Å². The maximum absolute atomic E-state index is 12.4. The van der Waals surface area contributed by atoms with Crippen molar-refractivity contribution in [1.82, 2.24) is 15.5 Å². The summed E-state index contributed by atoms with van der Waals surface area (Å²) in [5.74, 6) is -0.220. The summed E-state index contributed by atoms with van der Waals surface area (Å²) < 4.78 is 0. The third-order valence-electron chi connectivity index (χ3n) is 5.30. The molecule has 1 aromatic carbocycles. The lowest BCUT2D eigenvalue weighted by atomic mass is 10.1. The van der Waals surface area contributed by atoms with E-state index in [1.807, 2.05) is 32.0 Å². The zero-order chi connectivity index (χ0) is 17.8. The van der Waals surface area contributed by atoms with Crippen molar-refractivity contribution in [2.75, 3.05) is 50.7 Å². The minimum absolute atomic E-state index is 0.00343. The molecule has 1 unspecified atom stereocenters. The number of carbonyl (C=O) groups excluding carboxylic acids is 2. The summed E-state index contributed by atoms with van der Waals surface area (Å²) in [4.78, 5) is 29.0. The number of anilines is 1. The highest BCUT2D eigenvalue weighted by atomic mass is 16.2. The lowest BCUT2D eigenvalue weighted by Crippen LogP contribution is -2.46. The molecule has 2 aliphatic heterocycles. The molecule has 6 nitrogen and oxygen atoms in total. The molecule has 2 N–H and O–H groups in total. The van der Waals surface area contributed by atoms with Crippen LogP contribution in [0.1, 0.15) is 17.5 Å². The number of amides is 2. The number of rotatable bonds is 5. The second-order valence-corrected chi connectivity index (χ2v) is 7.01. The first-order valence-electron chi connectivity index (χ1n) is 9.13. The van der Waals surface area contributed by atoms with Gasteiger partial charge in [-0.15, -0.1) is 0 Å². The second-order valence-electron chi connectivity index (χ2n) is 7.01. The molecule has 0 saturated carbocycles. The molecule has 2 saturated heterocycles. The summed E-state index contributed by atoms with van der Waals surface area (Å²) >= 11 is 0. The van der Waals surface area contributed by atoms with Crippen molar-refractivity contribution in [3.8, 4) is 0 Å². The van der Waals surface area contributed by atoms with Crippen LogP contribution in [0.2, 0.25) is 0 Å². The number of hydrogen-bond acceptors (Lipinski definition) is 4. The number of hydrogen-bond donors (Lipinski definition) is 2. The molecular weight excluding hydrogens is 316 g/mol. The van der Waals surface area contributed by atoms with Crippen LogP contribution >= 0.6 is 0 Å². The van der Waals surface area contributed by atoms with E-state index in [0.29, 0.717) is 19.5 Å². The zero-order valence-corrected chi connectivity index (χ0v) is 15.2. The molecule has 1 atom stereocenters. The van der Waals surface area contributed by atoms with Crippen LogP contribution in [-0.4, -0.2) is 62.5 Å². The third-order valence-corrected chi connectivity index (χ3v) is 5.30. The molecule has 2 amide bonds. The largest absolute Gasteiger partial charge is 0.355 e. The van der Waals surface area contributed by atoms with Gasteiger partial charge in [0.25, 0.3) is 0 Å². The maximum atomic E-state index is 12.4. The molecule has 6 heteroatoms. The van der Waals surface area contributed by atoms with Gasteiger partial charge in [0.2, 0.25) is 11.8 Å². The van der Waals surface area contributed by atoms with Gasteiger partial charge in [0.15, 0.2) is 0 Å². The van der Waals surface area contributed by atoms with Gasteiger partial charge in [0.05, 0.1) is 5.92 Å². The van der Waals surface area contributed by atoms with E-state index in [4.69, 9.17) is 0 Å². The van der Waals surface area contributed by atoms with Gasteiger partial charge in [-0.3, -0.25) is 14.5 Å². The van der Waals surface area contributed by atoms with Crippen LogP contribution in [0.25, 0.3) is 0 Å². The van der Waals surface area contributed by atoms with Crippen LogP contribution in [0.3, 0.4) is 0 Å². The van der Waals surface area contributed by atoms with E-state index in [1.54, 1.807) is 4.90 Å². The smallest absolute Gasteiger partial charge is 0.227 e. The van der Waals surface area contributed by atoms with E-state index >= 15 is 0 Å². The number of carbonyl (C=O) groups is 2. The van der Waals surface area contributed by atoms with Crippen LogP contribution in [0.5, 0.6) is 0 Å². The Labute approximate surface area is 149 Å². The Hall–Kier alpha value is -1.92. The van der Waals surface area contributed by atoms with Crippen LogP contribution in [0.4, 0.5) is 5.69 Å². The third kappa shape index (κ3) is 4.19. The summed E-state index contributed by atoms with van der Waals surface area (Å²) in [6, 6.07) is 5.97. The Kier molecular flexibility index (Phi) is 5.71. The molecule has 1 aromatic rings. The quantitative estimate of drug-likeness (QED) is 0.824. The summed E-state index contributed by atoms with van der Waals surface area (Å²) in [5, 5.41) is 6.33. The first-order valence-corrected chi connectivity index (χ1v) is 9.13. The van der Waals surface area contributed by atoms with Crippen LogP contribution in [0.15, 0.2) is 18.2 Å². The topological polar surface area (TPSA) is 64.7 Å². The lowest BCUT2D eigenvalue weighted by molar-refractivity contribution is -0.126. The van der Waals surface area contributed by atoms with Crippen LogP contribution in [0, 0.1) is 19.8 Å². The Morgan fingerprint density at radius 3 is 2.80 bits per heavy atom. The van der Waals surface area contributed by atoms with Crippen LogP contribution in [-0.2, 0) is 9.59 Å². The fourth-order valence-corrected chi connectivity index (χ4v) is 3.56. The van der Waals surface area contributed by atoms with E-state index in [2.05, 4.69) is 15.5 Å². The van der Waals surface area contributed by atoms with Gasteiger partial charge < -0.3 is 15.5 Å². The van der Waals surface area contributed by atoms with Gasteiger partial charge >= 0.3 is 0 Å². The van der Waals surface area contributed by atoms with Crippen molar-refractivity contribution in [2.24, 2.45) is 5.92 Å². The van der Waals surface area contributed by atoms with Crippen LogP contribution < -0.4 is 15.5 Å². The fraction of sp³-hybridized carbons (Fsp3) is 0.579. The molecule has 0 radical (unpaired) electrons. The fourth-order valence-electron chi connectivity index (χ4n) is 3.56. The predicted molar refractivity (Wildman–Crippen MR) is 98.7 cm³/mol. The molecule has 136 valence electrons. The van der Waals surface area contributed by atoms with Crippen molar-refractivity contribution in [1.29, 1.82) is 0 Å². The number of nitrogens with one attached hydrogen (secondary N) is 2. The van der Waals surface area contributed by atoms with Crippen molar-refractivity contribution in [2.45, 2.75) is 20.3 Å². The Bertz CT molecular complexity index is 640. The zero-order valence-electron chi connectivity index (χ0n) is 15.2. The Balaban J connectivity index is 1.53. The van der Waals surface area contributed by atoms with Gasteiger partial charge in [-0.05, 0) is 31.0 Å². The molecule has 25 heavy (non-hydrogen) atoms. The summed E-state index contributed by atoms with van der Waals surface area (Å²) in [6.07, 6.45) is 0.298. The van der Waals surface area contributed by atoms with Gasteiger partial charge in [0.1, 0.15) is 0 Å².